The molecule has 0 saturated carbocycles. The molecule has 2 aromatic rings. The fraction of sp³-hybridized carbons (Fsp3) is 0.278. The molecule has 2 aromatic carbocycles. The second kappa shape index (κ2) is 7.49. The lowest BCUT2D eigenvalue weighted by atomic mass is 10.0. The quantitative estimate of drug-likeness (QED) is 0.825. The van der Waals surface area contributed by atoms with Gasteiger partial charge in [-0.3, -0.25) is 4.79 Å². The van der Waals surface area contributed by atoms with Crippen molar-refractivity contribution in [3.05, 3.63) is 65.7 Å². The third kappa shape index (κ3) is 4.54. The lowest BCUT2D eigenvalue weighted by molar-refractivity contribution is -0.116. The zero-order valence-electron chi connectivity index (χ0n) is 11.9. The van der Waals surface area contributed by atoms with Gasteiger partial charge in [0.1, 0.15) is 0 Å². The Balaban J connectivity index is 1.91. The Morgan fingerprint density at radius 2 is 1.60 bits per heavy atom. The van der Waals surface area contributed by atoms with Gasteiger partial charge in [0, 0.05) is 12.1 Å². The van der Waals surface area contributed by atoms with Gasteiger partial charge in [0.25, 0.3) is 0 Å². The third-order valence-electron chi connectivity index (χ3n) is 3.25. The molecular weight excluding hydrogens is 246 g/mol. The van der Waals surface area contributed by atoms with Crippen molar-refractivity contribution >= 4 is 11.6 Å². The fourth-order valence-corrected chi connectivity index (χ4v) is 2.10. The topological polar surface area (TPSA) is 29.1 Å². The second-order valence-electron chi connectivity index (χ2n) is 5.01. The highest BCUT2D eigenvalue weighted by molar-refractivity contribution is 5.90. The molecule has 0 fully saturated rings. The van der Waals surface area contributed by atoms with E-state index in [0.717, 1.165) is 24.9 Å². The second-order valence-corrected chi connectivity index (χ2v) is 5.01. The summed E-state index contributed by atoms with van der Waals surface area (Å²) >= 11 is 0. The molecule has 0 aliphatic carbocycles. The SMILES string of the molecule is CCCCC(=O)Nc1ccc(Cc2ccccc2)cc1. The lowest BCUT2D eigenvalue weighted by Gasteiger charge is -2.06. The minimum atomic E-state index is 0.0997. The van der Waals surface area contributed by atoms with Crippen molar-refractivity contribution in [1.82, 2.24) is 0 Å². The Kier molecular flexibility index (Phi) is 5.36. The van der Waals surface area contributed by atoms with Gasteiger partial charge in [-0.15, -0.1) is 0 Å². The first kappa shape index (κ1) is 14.3. The third-order valence-corrected chi connectivity index (χ3v) is 3.25. The van der Waals surface area contributed by atoms with Crippen LogP contribution in [0.15, 0.2) is 54.6 Å². The molecule has 20 heavy (non-hydrogen) atoms. The summed E-state index contributed by atoms with van der Waals surface area (Å²) in [6, 6.07) is 18.5. The van der Waals surface area contributed by atoms with Crippen LogP contribution in [0.4, 0.5) is 5.69 Å². The minimum Gasteiger partial charge on any atom is -0.326 e. The summed E-state index contributed by atoms with van der Waals surface area (Å²) in [5, 5.41) is 2.93. The van der Waals surface area contributed by atoms with Crippen LogP contribution in [0.25, 0.3) is 0 Å². The van der Waals surface area contributed by atoms with Crippen LogP contribution < -0.4 is 5.32 Å². The number of anilines is 1. The standard InChI is InChI=1S/C18H21NO/c1-2-3-9-18(20)19-17-12-10-16(11-13-17)14-15-7-5-4-6-8-15/h4-8,10-13H,2-3,9,14H2,1H3,(H,19,20). The summed E-state index contributed by atoms with van der Waals surface area (Å²) < 4.78 is 0. The van der Waals surface area contributed by atoms with E-state index in [9.17, 15) is 4.79 Å². The smallest absolute Gasteiger partial charge is 0.224 e. The molecule has 1 N–H and O–H groups in total. The van der Waals surface area contributed by atoms with Crippen LogP contribution in [0.5, 0.6) is 0 Å². The average molecular weight is 267 g/mol. The number of carbonyl (C=O) groups excluding carboxylic acids is 1. The van der Waals surface area contributed by atoms with E-state index in [2.05, 4.69) is 48.6 Å². The zero-order valence-corrected chi connectivity index (χ0v) is 11.9. The monoisotopic (exact) mass is 267 g/mol. The zero-order chi connectivity index (χ0) is 14.2. The van der Waals surface area contributed by atoms with E-state index in [-0.39, 0.29) is 5.91 Å². The Bertz CT molecular complexity index is 531. The number of hydrogen-bond donors (Lipinski definition) is 1. The summed E-state index contributed by atoms with van der Waals surface area (Å²) in [7, 11) is 0. The van der Waals surface area contributed by atoms with Gasteiger partial charge in [0.15, 0.2) is 0 Å². The van der Waals surface area contributed by atoms with Gasteiger partial charge in [-0.2, -0.15) is 0 Å². The van der Waals surface area contributed by atoms with Crippen molar-refractivity contribution in [2.45, 2.75) is 32.6 Å². The molecular formula is C18H21NO. The number of benzene rings is 2. The summed E-state index contributed by atoms with van der Waals surface area (Å²) in [5.74, 6) is 0.0997. The van der Waals surface area contributed by atoms with Crippen molar-refractivity contribution < 1.29 is 4.79 Å². The van der Waals surface area contributed by atoms with E-state index < -0.39 is 0 Å². The Hall–Kier alpha value is -2.09. The number of carbonyl (C=O) groups is 1. The first-order valence-corrected chi connectivity index (χ1v) is 7.20. The Morgan fingerprint density at radius 3 is 2.25 bits per heavy atom. The van der Waals surface area contributed by atoms with Gasteiger partial charge in [0.05, 0.1) is 0 Å². The predicted molar refractivity (Wildman–Crippen MR) is 83.8 cm³/mol. The molecule has 1 amide bonds. The highest BCUT2D eigenvalue weighted by atomic mass is 16.1. The molecule has 0 atom stereocenters. The lowest BCUT2D eigenvalue weighted by Crippen LogP contribution is -2.10. The molecule has 0 aliphatic heterocycles. The molecule has 0 aromatic heterocycles. The molecule has 0 bridgehead atoms. The van der Waals surface area contributed by atoms with Gasteiger partial charge in [-0.25, -0.2) is 0 Å². The van der Waals surface area contributed by atoms with Gasteiger partial charge in [0.2, 0.25) is 5.91 Å². The number of nitrogens with one attached hydrogen (secondary N) is 1. The molecule has 0 spiro atoms. The van der Waals surface area contributed by atoms with Crippen LogP contribution in [0.1, 0.15) is 37.3 Å². The number of amides is 1. The maximum absolute atomic E-state index is 11.6. The van der Waals surface area contributed by atoms with Crippen LogP contribution in [-0.2, 0) is 11.2 Å². The minimum absolute atomic E-state index is 0.0997. The molecule has 0 heterocycles. The maximum atomic E-state index is 11.6. The van der Waals surface area contributed by atoms with Crippen LogP contribution in [0, 0.1) is 0 Å². The highest BCUT2D eigenvalue weighted by Crippen LogP contribution is 2.14. The fourth-order valence-electron chi connectivity index (χ4n) is 2.10. The Labute approximate surface area is 120 Å². The van der Waals surface area contributed by atoms with Crippen LogP contribution in [0.2, 0.25) is 0 Å². The summed E-state index contributed by atoms with van der Waals surface area (Å²) in [4.78, 5) is 11.6. The number of unbranched alkanes of at least 4 members (excludes halogenated alkanes) is 1. The Morgan fingerprint density at radius 1 is 0.950 bits per heavy atom. The van der Waals surface area contributed by atoms with Gasteiger partial charge in [-0.1, -0.05) is 55.8 Å². The van der Waals surface area contributed by atoms with Gasteiger partial charge >= 0.3 is 0 Å². The largest absolute Gasteiger partial charge is 0.326 e. The number of rotatable bonds is 6. The normalized spacial score (nSPS) is 10.2. The molecule has 0 radical (unpaired) electrons. The maximum Gasteiger partial charge on any atom is 0.224 e. The van der Waals surface area contributed by atoms with Crippen molar-refractivity contribution in [1.29, 1.82) is 0 Å². The molecule has 2 rings (SSSR count). The van der Waals surface area contributed by atoms with E-state index in [4.69, 9.17) is 0 Å². The van der Waals surface area contributed by atoms with Gasteiger partial charge < -0.3 is 5.32 Å². The summed E-state index contributed by atoms with van der Waals surface area (Å²) in [6.07, 6.45) is 3.51. The predicted octanol–water partition coefficient (Wildman–Crippen LogP) is 4.41. The molecule has 104 valence electrons. The van der Waals surface area contributed by atoms with E-state index in [1.54, 1.807) is 0 Å². The first-order chi connectivity index (χ1) is 9.78. The molecule has 0 aliphatic rings. The molecule has 2 nitrogen and oxygen atoms in total. The first-order valence-electron chi connectivity index (χ1n) is 7.20. The van der Waals surface area contributed by atoms with E-state index >= 15 is 0 Å². The van der Waals surface area contributed by atoms with Crippen molar-refractivity contribution in [2.75, 3.05) is 5.32 Å². The van der Waals surface area contributed by atoms with Crippen LogP contribution >= 0.6 is 0 Å². The van der Waals surface area contributed by atoms with Gasteiger partial charge in [-0.05, 0) is 36.1 Å². The molecule has 2 heteroatoms. The highest BCUT2D eigenvalue weighted by Gasteiger charge is 2.02. The molecule has 0 unspecified atom stereocenters. The summed E-state index contributed by atoms with van der Waals surface area (Å²) in [6.45, 7) is 2.09. The van der Waals surface area contributed by atoms with E-state index in [1.165, 1.54) is 11.1 Å². The van der Waals surface area contributed by atoms with Crippen molar-refractivity contribution in [3.63, 3.8) is 0 Å². The van der Waals surface area contributed by atoms with E-state index in [1.807, 2.05) is 18.2 Å². The van der Waals surface area contributed by atoms with Crippen molar-refractivity contribution in [3.8, 4) is 0 Å². The van der Waals surface area contributed by atoms with Crippen molar-refractivity contribution in [2.24, 2.45) is 0 Å². The molecule has 0 saturated heterocycles. The van der Waals surface area contributed by atoms with Crippen LogP contribution in [-0.4, -0.2) is 5.91 Å². The summed E-state index contributed by atoms with van der Waals surface area (Å²) in [5.41, 5.74) is 3.43. The van der Waals surface area contributed by atoms with E-state index in [0.29, 0.717) is 6.42 Å². The number of hydrogen-bond acceptors (Lipinski definition) is 1. The average Bonchev–Trinajstić information content (AvgIpc) is 2.48. The van der Waals surface area contributed by atoms with Crippen LogP contribution in [0.3, 0.4) is 0 Å².